The molecule has 0 atom stereocenters. The van der Waals surface area contributed by atoms with Gasteiger partial charge in [-0.1, -0.05) is 31.0 Å². The van der Waals surface area contributed by atoms with E-state index in [0.29, 0.717) is 19.1 Å². The molecule has 1 aromatic carbocycles. The zero-order valence-corrected chi connectivity index (χ0v) is 17.0. The zero-order chi connectivity index (χ0) is 19.1. The summed E-state index contributed by atoms with van der Waals surface area (Å²) in [6.07, 6.45) is 3.67. The van der Waals surface area contributed by atoms with Crippen LogP contribution in [-0.4, -0.2) is 35.7 Å². The van der Waals surface area contributed by atoms with Crippen LogP contribution in [0.3, 0.4) is 0 Å². The van der Waals surface area contributed by atoms with Crippen LogP contribution in [0.25, 0.3) is 0 Å². The van der Waals surface area contributed by atoms with Crippen LogP contribution in [0.15, 0.2) is 29.6 Å². The summed E-state index contributed by atoms with van der Waals surface area (Å²) in [7, 11) is 0. The maximum atomic E-state index is 12.0. The third kappa shape index (κ3) is 5.70. The van der Waals surface area contributed by atoms with Gasteiger partial charge in [0.2, 0.25) is 0 Å². The summed E-state index contributed by atoms with van der Waals surface area (Å²) in [5, 5.41) is 3.23. The Balaban J connectivity index is 1.45. The van der Waals surface area contributed by atoms with Crippen molar-refractivity contribution in [1.29, 1.82) is 0 Å². The van der Waals surface area contributed by atoms with Gasteiger partial charge in [-0.2, -0.15) is 0 Å². The van der Waals surface area contributed by atoms with Gasteiger partial charge in [0.15, 0.2) is 0 Å². The highest BCUT2D eigenvalue weighted by Crippen LogP contribution is 2.30. The zero-order valence-electron chi connectivity index (χ0n) is 16.1. The van der Waals surface area contributed by atoms with E-state index < -0.39 is 0 Å². The Morgan fingerprint density at radius 3 is 2.70 bits per heavy atom. The summed E-state index contributed by atoms with van der Waals surface area (Å²) in [6.45, 7) is 6.64. The van der Waals surface area contributed by atoms with Gasteiger partial charge in [-0.3, -0.25) is 0 Å². The molecule has 1 aliphatic heterocycles. The molecular weight excluding hydrogens is 360 g/mol. The molecule has 5 nitrogen and oxygen atoms in total. The van der Waals surface area contributed by atoms with Crippen molar-refractivity contribution in [2.24, 2.45) is 0 Å². The van der Waals surface area contributed by atoms with Crippen LogP contribution in [0, 0.1) is 6.92 Å². The highest BCUT2D eigenvalue weighted by atomic mass is 32.1. The topological polar surface area (TPSA) is 51.7 Å². The third-order valence-electron chi connectivity index (χ3n) is 4.80. The maximum Gasteiger partial charge on any atom is 0.409 e. The number of aromatic nitrogens is 1. The van der Waals surface area contributed by atoms with Crippen molar-refractivity contribution >= 4 is 17.4 Å². The average molecular weight is 389 g/mol. The fraction of sp³-hybridized carbons (Fsp3) is 0.524. The lowest BCUT2D eigenvalue weighted by Gasteiger charge is -2.30. The van der Waals surface area contributed by atoms with Crippen molar-refractivity contribution in [2.45, 2.75) is 52.1 Å². The smallest absolute Gasteiger partial charge is 0.409 e. The lowest BCUT2D eigenvalue weighted by molar-refractivity contribution is 0.0916. The molecule has 1 aliphatic rings. The van der Waals surface area contributed by atoms with E-state index in [0.717, 1.165) is 55.2 Å². The number of rotatable bonds is 7. The molecule has 0 aliphatic carbocycles. The minimum Gasteiger partial charge on any atom is -0.487 e. The molecule has 1 amide bonds. The Hall–Kier alpha value is -2.08. The van der Waals surface area contributed by atoms with Crippen LogP contribution >= 0.6 is 11.3 Å². The van der Waals surface area contributed by atoms with E-state index in [-0.39, 0.29) is 6.09 Å². The number of hydrogen-bond donors (Lipinski definition) is 0. The SMILES string of the molecule is CCCCOC(=O)N1CCC(c2nc(COc3ccc(C)cc3)cs2)CC1. The maximum absolute atomic E-state index is 12.0. The summed E-state index contributed by atoms with van der Waals surface area (Å²) in [6, 6.07) is 8.06. The molecule has 3 rings (SSSR count). The van der Waals surface area contributed by atoms with Crippen molar-refractivity contribution in [3.8, 4) is 5.75 Å². The van der Waals surface area contributed by atoms with Gasteiger partial charge in [-0.25, -0.2) is 9.78 Å². The molecule has 0 unspecified atom stereocenters. The Labute approximate surface area is 165 Å². The number of nitrogens with zero attached hydrogens (tertiary/aromatic N) is 2. The van der Waals surface area contributed by atoms with Crippen LogP contribution in [-0.2, 0) is 11.3 Å². The first-order valence-corrected chi connectivity index (χ1v) is 10.6. The van der Waals surface area contributed by atoms with Crippen LogP contribution < -0.4 is 4.74 Å². The molecule has 1 aromatic heterocycles. The molecule has 0 bridgehead atoms. The highest BCUT2D eigenvalue weighted by molar-refractivity contribution is 7.09. The van der Waals surface area contributed by atoms with Gasteiger partial charge >= 0.3 is 6.09 Å². The van der Waals surface area contributed by atoms with E-state index in [4.69, 9.17) is 14.5 Å². The summed E-state index contributed by atoms with van der Waals surface area (Å²) in [5.74, 6) is 1.29. The van der Waals surface area contributed by atoms with Gasteiger partial charge in [-0.15, -0.1) is 11.3 Å². The Bertz CT molecular complexity index is 721. The van der Waals surface area contributed by atoms with Crippen molar-refractivity contribution < 1.29 is 14.3 Å². The fourth-order valence-corrected chi connectivity index (χ4v) is 4.05. The lowest BCUT2D eigenvalue weighted by atomic mass is 9.98. The first-order valence-electron chi connectivity index (χ1n) is 9.71. The molecule has 6 heteroatoms. The predicted molar refractivity (Wildman–Crippen MR) is 107 cm³/mol. The van der Waals surface area contributed by atoms with Crippen molar-refractivity contribution in [1.82, 2.24) is 9.88 Å². The van der Waals surface area contributed by atoms with E-state index in [1.54, 1.807) is 11.3 Å². The number of benzene rings is 1. The van der Waals surface area contributed by atoms with Crippen LogP contribution in [0.4, 0.5) is 4.79 Å². The third-order valence-corrected chi connectivity index (χ3v) is 5.86. The van der Waals surface area contributed by atoms with Gasteiger partial charge < -0.3 is 14.4 Å². The van der Waals surface area contributed by atoms with E-state index in [1.165, 1.54) is 5.56 Å². The number of hydrogen-bond acceptors (Lipinski definition) is 5. The number of aryl methyl sites for hydroxylation is 1. The normalized spacial score (nSPS) is 15.0. The number of likely N-dealkylation sites (tertiary alicyclic amines) is 1. The number of ether oxygens (including phenoxy) is 2. The number of carbonyl (C=O) groups excluding carboxylic acids is 1. The van der Waals surface area contributed by atoms with Crippen LogP contribution in [0.1, 0.15) is 54.8 Å². The van der Waals surface area contributed by atoms with Gasteiger partial charge in [0, 0.05) is 24.4 Å². The van der Waals surface area contributed by atoms with Crippen molar-refractivity contribution in [3.05, 3.63) is 45.9 Å². The monoisotopic (exact) mass is 388 g/mol. The molecule has 0 radical (unpaired) electrons. The second kappa shape index (κ2) is 9.74. The van der Waals surface area contributed by atoms with Crippen LogP contribution in [0.2, 0.25) is 0 Å². The Kier molecular flexibility index (Phi) is 7.10. The predicted octanol–water partition coefficient (Wildman–Crippen LogP) is 5.15. The van der Waals surface area contributed by atoms with E-state index in [2.05, 4.69) is 19.2 Å². The number of thiazole rings is 1. The number of unbranched alkanes of at least 4 members (excludes halogenated alkanes) is 1. The Morgan fingerprint density at radius 2 is 2.00 bits per heavy atom. The number of amides is 1. The first kappa shape index (κ1) is 19.7. The minimum atomic E-state index is -0.173. The fourth-order valence-electron chi connectivity index (χ4n) is 3.07. The molecule has 1 fully saturated rings. The number of carbonyl (C=O) groups is 1. The molecule has 27 heavy (non-hydrogen) atoms. The quantitative estimate of drug-likeness (QED) is 0.616. The molecule has 0 N–H and O–H groups in total. The molecule has 2 heterocycles. The standard InChI is InChI=1S/C21H28N2O3S/c1-3-4-13-25-21(24)23-11-9-17(10-12-23)20-22-18(15-27-20)14-26-19-7-5-16(2)6-8-19/h5-8,15,17H,3-4,9-14H2,1-2H3. The van der Waals surface area contributed by atoms with E-state index >= 15 is 0 Å². The average Bonchev–Trinajstić information content (AvgIpc) is 3.17. The molecule has 2 aromatic rings. The van der Waals surface area contributed by atoms with Crippen molar-refractivity contribution in [3.63, 3.8) is 0 Å². The minimum absolute atomic E-state index is 0.173. The van der Waals surface area contributed by atoms with Gasteiger partial charge in [-0.05, 0) is 38.3 Å². The van der Waals surface area contributed by atoms with Gasteiger partial charge in [0.1, 0.15) is 12.4 Å². The summed E-state index contributed by atoms with van der Waals surface area (Å²) >= 11 is 1.69. The van der Waals surface area contributed by atoms with E-state index in [1.807, 2.05) is 29.2 Å². The largest absolute Gasteiger partial charge is 0.487 e. The summed E-state index contributed by atoms with van der Waals surface area (Å²) < 4.78 is 11.1. The first-order chi connectivity index (χ1) is 13.2. The van der Waals surface area contributed by atoms with Crippen molar-refractivity contribution in [2.75, 3.05) is 19.7 Å². The highest BCUT2D eigenvalue weighted by Gasteiger charge is 2.26. The van der Waals surface area contributed by atoms with Gasteiger partial charge in [0.05, 0.1) is 17.3 Å². The Morgan fingerprint density at radius 1 is 1.26 bits per heavy atom. The molecule has 1 saturated heterocycles. The second-order valence-electron chi connectivity index (χ2n) is 7.01. The molecule has 0 spiro atoms. The lowest BCUT2D eigenvalue weighted by Crippen LogP contribution is -2.38. The molecule has 146 valence electrons. The summed E-state index contributed by atoms with van der Waals surface area (Å²) in [4.78, 5) is 18.6. The summed E-state index contributed by atoms with van der Waals surface area (Å²) in [5.41, 5.74) is 2.19. The van der Waals surface area contributed by atoms with E-state index in [9.17, 15) is 4.79 Å². The second-order valence-corrected chi connectivity index (χ2v) is 7.90. The van der Waals surface area contributed by atoms with Gasteiger partial charge in [0.25, 0.3) is 0 Å². The molecule has 0 saturated carbocycles. The molecular formula is C21H28N2O3S. The van der Waals surface area contributed by atoms with Crippen LogP contribution in [0.5, 0.6) is 5.75 Å². The number of piperidine rings is 1.